The van der Waals surface area contributed by atoms with Crippen LogP contribution in [0.15, 0.2) is 44.7 Å². The van der Waals surface area contributed by atoms with Crippen LogP contribution in [0.5, 0.6) is 0 Å². The van der Waals surface area contributed by atoms with Crippen LogP contribution < -0.4 is 11.0 Å². The fourth-order valence-electron chi connectivity index (χ4n) is 1.97. The minimum Gasteiger partial charge on any atom is -0.335 e. The Hall–Kier alpha value is -2.06. The van der Waals surface area contributed by atoms with Crippen molar-refractivity contribution in [1.82, 2.24) is 15.4 Å². The van der Waals surface area contributed by atoms with Gasteiger partial charge in [0.05, 0.1) is 12.1 Å². The molecule has 0 aliphatic heterocycles. The van der Waals surface area contributed by atoms with E-state index in [-0.39, 0.29) is 22.7 Å². The third kappa shape index (κ3) is 5.26. The van der Waals surface area contributed by atoms with Gasteiger partial charge < -0.3 is 4.98 Å². The van der Waals surface area contributed by atoms with Gasteiger partial charge in [0.2, 0.25) is 5.91 Å². The molecule has 0 aliphatic rings. The van der Waals surface area contributed by atoms with Gasteiger partial charge >= 0.3 is 0 Å². The highest BCUT2D eigenvalue weighted by Crippen LogP contribution is 2.13. The minimum absolute atomic E-state index is 0.00740. The fourth-order valence-corrected chi connectivity index (χ4v) is 2.60. The van der Waals surface area contributed by atoms with Gasteiger partial charge in [-0.2, -0.15) is 5.10 Å². The van der Waals surface area contributed by atoms with Crippen molar-refractivity contribution in [2.24, 2.45) is 5.10 Å². The second-order valence-corrected chi connectivity index (χ2v) is 6.07. The molecule has 0 atom stereocenters. The molecule has 0 saturated heterocycles. The predicted molar refractivity (Wildman–Crippen MR) is 95.1 cm³/mol. The molecule has 1 aromatic heterocycles. The number of aromatic amines is 2. The number of carbonyl (C=O) groups excluding carboxylic acids is 1. The lowest BCUT2D eigenvalue weighted by Gasteiger charge is -2.06. The van der Waals surface area contributed by atoms with Gasteiger partial charge in [-0.3, -0.25) is 14.6 Å². The van der Waals surface area contributed by atoms with E-state index in [1.807, 2.05) is 31.2 Å². The molecule has 0 aliphatic carbocycles. The van der Waals surface area contributed by atoms with Crippen LogP contribution in [-0.2, 0) is 11.2 Å². The van der Waals surface area contributed by atoms with Gasteiger partial charge in [-0.1, -0.05) is 35.0 Å². The number of hydrogen-bond donors (Lipinski definition) is 3. The lowest BCUT2D eigenvalue weighted by Crippen LogP contribution is -2.23. The molecule has 0 bridgehead atoms. The Kier molecular flexibility index (Phi) is 6.00. The smallest absolute Gasteiger partial charge is 0.251 e. The van der Waals surface area contributed by atoms with E-state index in [1.165, 1.54) is 6.07 Å². The first kappa shape index (κ1) is 17.3. The molecule has 6 nitrogen and oxygen atoms in total. The number of H-pyrrole nitrogens is 2. The quantitative estimate of drug-likeness (QED) is 0.413. The van der Waals surface area contributed by atoms with E-state index in [9.17, 15) is 9.59 Å². The minimum atomic E-state index is -0.344. The van der Waals surface area contributed by atoms with Crippen molar-refractivity contribution in [3.05, 3.63) is 61.2 Å². The van der Waals surface area contributed by atoms with Crippen LogP contribution in [0.3, 0.4) is 0 Å². The number of benzene rings is 1. The van der Waals surface area contributed by atoms with Crippen molar-refractivity contribution in [3.8, 4) is 0 Å². The molecular formula is C15H15BrN4O2S. The summed E-state index contributed by atoms with van der Waals surface area (Å²) in [6, 6.07) is 8.98. The van der Waals surface area contributed by atoms with Crippen molar-refractivity contribution in [1.29, 1.82) is 0 Å². The second-order valence-electron chi connectivity index (χ2n) is 4.75. The zero-order valence-electron chi connectivity index (χ0n) is 12.4. The Labute approximate surface area is 146 Å². The third-order valence-electron chi connectivity index (χ3n) is 2.98. The molecule has 2 rings (SSSR count). The summed E-state index contributed by atoms with van der Waals surface area (Å²) in [5, 5.41) is 4.16. The number of hydrogen-bond acceptors (Lipinski definition) is 4. The number of nitrogens with one attached hydrogen (secondary N) is 3. The van der Waals surface area contributed by atoms with E-state index in [0.29, 0.717) is 12.1 Å². The maximum absolute atomic E-state index is 12.0. The molecule has 1 amide bonds. The van der Waals surface area contributed by atoms with Crippen molar-refractivity contribution < 1.29 is 4.79 Å². The van der Waals surface area contributed by atoms with Crippen molar-refractivity contribution in [2.45, 2.75) is 19.8 Å². The van der Waals surface area contributed by atoms with Crippen LogP contribution in [0, 0.1) is 4.77 Å². The number of halogens is 1. The molecule has 0 spiro atoms. The summed E-state index contributed by atoms with van der Waals surface area (Å²) in [6.07, 6.45) is 0.663. The van der Waals surface area contributed by atoms with Crippen molar-refractivity contribution >= 4 is 39.8 Å². The van der Waals surface area contributed by atoms with Gasteiger partial charge in [0.25, 0.3) is 5.56 Å². The van der Waals surface area contributed by atoms with E-state index in [1.54, 1.807) is 0 Å². The van der Waals surface area contributed by atoms with Crippen molar-refractivity contribution in [2.75, 3.05) is 0 Å². The first-order chi connectivity index (χ1) is 11.0. The van der Waals surface area contributed by atoms with E-state index < -0.39 is 0 Å². The lowest BCUT2D eigenvalue weighted by atomic mass is 10.1. The first-order valence-electron chi connectivity index (χ1n) is 6.92. The Bertz CT molecular complexity index is 829. The number of amides is 1. The molecule has 3 N–H and O–H groups in total. The van der Waals surface area contributed by atoms with Crippen LogP contribution in [-0.4, -0.2) is 21.6 Å². The molecular weight excluding hydrogens is 380 g/mol. The van der Waals surface area contributed by atoms with Gasteiger partial charge in [0.15, 0.2) is 4.77 Å². The average Bonchev–Trinajstić information content (AvgIpc) is 2.46. The summed E-state index contributed by atoms with van der Waals surface area (Å²) in [6.45, 7) is 1.96. The van der Waals surface area contributed by atoms with Crippen LogP contribution in [0.2, 0.25) is 0 Å². The number of carbonyl (C=O) groups is 1. The van der Waals surface area contributed by atoms with E-state index in [2.05, 4.69) is 36.4 Å². The van der Waals surface area contributed by atoms with Crippen molar-refractivity contribution in [3.63, 3.8) is 0 Å². The summed E-state index contributed by atoms with van der Waals surface area (Å²) in [5.74, 6) is -0.331. The molecule has 0 fully saturated rings. The van der Waals surface area contributed by atoms with Gasteiger partial charge in [-0.25, -0.2) is 5.43 Å². The maximum atomic E-state index is 12.0. The lowest BCUT2D eigenvalue weighted by molar-refractivity contribution is -0.120. The topological polar surface area (TPSA) is 90.1 Å². The fraction of sp³-hybridized carbons (Fsp3) is 0.200. The Morgan fingerprint density at radius 3 is 2.78 bits per heavy atom. The largest absolute Gasteiger partial charge is 0.335 e. The Morgan fingerprint density at radius 1 is 1.35 bits per heavy atom. The van der Waals surface area contributed by atoms with Gasteiger partial charge in [0, 0.05) is 16.2 Å². The summed E-state index contributed by atoms with van der Waals surface area (Å²) in [7, 11) is 0. The monoisotopic (exact) mass is 394 g/mol. The highest BCUT2D eigenvalue weighted by atomic mass is 79.9. The summed E-state index contributed by atoms with van der Waals surface area (Å²) in [4.78, 5) is 28.4. The summed E-state index contributed by atoms with van der Waals surface area (Å²) in [5.41, 5.74) is 4.29. The number of hydrazone groups is 1. The number of aromatic nitrogens is 2. The van der Waals surface area contributed by atoms with E-state index >= 15 is 0 Å². The number of nitrogens with zero attached hydrogens (tertiary/aromatic N) is 1. The van der Waals surface area contributed by atoms with E-state index in [0.717, 1.165) is 15.7 Å². The normalized spacial score (nSPS) is 11.3. The summed E-state index contributed by atoms with van der Waals surface area (Å²) < 4.78 is 1.13. The first-order valence-corrected chi connectivity index (χ1v) is 8.12. The van der Waals surface area contributed by atoms with Crippen LogP contribution in [0.1, 0.15) is 24.6 Å². The molecule has 0 unspecified atom stereocenters. The SMILES string of the molecule is CC/C(=N/NC(=O)Cc1cc(=O)[nH]c(=S)[nH]1)c1cccc(Br)c1. The third-order valence-corrected chi connectivity index (χ3v) is 3.67. The zero-order valence-corrected chi connectivity index (χ0v) is 14.8. The van der Waals surface area contributed by atoms with E-state index in [4.69, 9.17) is 12.2 Å². The highest BCUT2D eigenvalue weighted by molar-refractivity contribution is 9.10. The van der Waals surface area contributed by atoms with Crippen LogP contribution >= 0.6 is 28.1 Å². The zero-order chi connectivity index (χ0) is 16.8. The van der Waals surface area contributed by atoms with Gasteiger partial charge in [-0.15, -0.1) is 0 Å². The predicted octanol–water partition coefficient (Wildman–Crippen LogP) is 2.67. The molecule has 1 heterocycles. The molecule has 0 saturated carbocycles. The molecule has 23 heavy (non-hydrogen) atoms. The highest BCUT2D eigenvalue weighted by Gasteiger charge is 2.06. The van der Waals surface area contributed by atoms with Crippen LogP contribution in [0.25, 0.3) is 0 Å². The Balaban J connectivity index is 2.09. The molecule has 120 valence electrons. The molecule has 0 radical (unpaired) electrons. The summed E-state index contributed by atoms with van der Waals surface area (Å²) >= 11 is 8.27. The Morgan fingerprint density at radius 2 is 2.13 bits per heavy atom. The van der Waals surface area contributed by atoms with Gasteiger partial charge in [-0.05, 0) is 36.3 Å². The second kappa shape index (κ2) is 7.98. The maximum Gasteiger partial charge on any atom is 0.251 e. The number of rotatable bonds is 5. The molecule has 1 aromatic carbocycles. The average molecular weight is 395 g/mol. The van der Waals surface area contributed by atoms with Gasteiger partial charge in [0.1, 0.15) is 0 Å². The molecule has 8 heteroatoms. The molecule has 2 aromatic rings. The van der Waals surface area contributed by atoms with Crippen LogP contribution in [0.4, 0.5) is 0 Å². The standard InChI is InChI=1S/C15H15BrN4O2S/c1-2-12(9-4-3-5-10(16)6-9)19-20-14(22)8-11-7-13(21)18-15(23)17-11/h3-7H,2,8H2,1H3,(H,20,22)(H2,17,18,21,23)/b19-12-.